The number of carbonyl (C=O) groups is 2. The van der Waals surface area contributed by atoms with E-state index in [2.05, 4.69) is 26.6 Å². The summed E-state index contributed by atoms with van der Waals surface area (Å²) >= 11 is 4.39. The number of amides is 2. The van der Waals surface area contributed by atoms with Crippen molar-refractivity contribution in [3.63, 3.8) is 0 Å². The first kappa shape index (κ1) is 19.0. The predicted octanol–water partition coefficient (Wildman–Crippen LogP) is 3.31. The Morgan fingerprint density at radius 1 is 1.30 bits per heavy atom. The molecular weight excluding hydrogens is 434 g/mol. The van der Waals surface area contributed by atoms with Gasteiger partial charge in [0.1, 0.15) is 11.5 Å². The molecule has 0 bridgehead atoms. The van der Waals surface area contributed by atoms with Crippen LogP contribution in [0.4, 0.5) is 5.69 Å². The summed E-state index contributed by atoms with van der Waals surface area (Å²) in [5.41, 5.74) is 1.14. The standard InChI is InChI=1S/C18H14BrN3O4S/c19-11-1-6-14(10(7-11)8-15-17(25)22-18(20)27-15)26-9-16(24)21-12-2-4-13(23)5-3-12/h1-8,23H,9H2,(H,21,24)(H2,20,22,25)/b15-8-. The molecule has 9 heteroatoms. The second kappa shape index (κ2) is 8.28. The summed E-state index contributed by atoms with van der Waals surface area (Å²) in [6, 6.07) is 11.3. The Morgan fingerprint density at radius 2 is 2.04 bits per heavy atom. The summed E-state index contributed by atoms with van der Waals surface area (Å²) in [7, 11) is 0. The average Bonchev–Trinajstić information content (AvgIpc) is 2.93. The molecule has 27 heavy (non-hydrogen) atoms. The number of thioether (sulfide) groups is 1. The van der Waals surface area contributed by atoms with E-state index in [4.69, 9.17) is 10.1 Å². The Morgan fingerprint density at radius 3 is 2.70 bits per heavy atom. The van der Waals surface area contributed by atoms with Gasteiger partial charge in [0, 0.05) is 15.7 Å². The number of anilines is 1. The lowest BCUT2D eigenvalue weighted by Crippen LogP contribution is -2.20. The van der Waals surface area contributed by atoms with Crippen LogP contribution in [0.25, 0.3) is 6.08 Å². The number of carbonyl (C=O) groups excluding carboxylic acids is 2. The monoisotopic (exact) mass is 447 g/mol. The third-order valence-corrected chi connectivity index (χ3v) is 4.75. The third kappa shape index (κ3) is 5.11. The van der Waals surface area contributed by atoms with Crippen molar-refractivity contribution in [2.45, 2.75) is 0 Å². The van der Waals surface area contributed by atoms with E-state index in [9.17, 15) is 14.7 Å². The number of halogens is 1. The largest absolute Gasteiger partial charge is 0.508 e. The van der Waals surface area contributed by atoms with Crippen LogP contribution in [-0.4, -0.2) is 28.7 Å². The van der Waals surface area contributed by atoms with E-state index >= 15 is 0 Å². The van der Waals surface area contributed by atoms with E-state index in [0.717, 1.165) is 16.2 Å². The van der Waals surface area contributed by atoms with Crippen LogP contribution >= 0.6 is 27.7 Å². The normalized spacial score (nSPS) is 14.9. The SMILES string of the molecule is N=C1NC(=O)/C(=C/c2cc(Br)ccc2OCC(=O)Nc2ccc(O)cc2)S1. The highest BCUT2D eigenvalue weighted by Gasteiger charge is 2.22. The number of hydrogen-bond acceptors (Lipinski definition) is 6. The smallest absolute Gasteiger partial charge is 0.264 e. The lowest BCUT2D eigenvalue weighted by molar-refractivity contribution is -0.118. The molecule has 0 atom stereocenters. The molecule has 0 radical (unpaired) electrons. The summed E-state index contributed by atoms with van der Waals surface area (Å²) in [6.45, 7) is -0.228. The minimum atomic E-state index is -0.364. The van der Waals surface area contributed by atoms with Crippen molar-refractivity contribution in [1.82, 2.24) is 5.32 Å². The molecule has 2 aromatic rings. The van der Waals surface area contributed by atoms with E-state index in [0.29, 0.717) is 21.9 Å². The summed E-state index contributed by atoms with van der Waals surface area (Å²) in [5.74, 6) is -0.171. The minimum absolute atomic E-state index is 0.0667. The molecule has 4 N–H and O–H groups in total. The Balaban J connectivity index is 1.70. The number of phenols is 1. The van der Waals surface area contributed by atoms with Gasteiger partial charge in [-0.3, -0.25) is 15.0 Å². The second-order valence-electron chi connectivity index (χ2n) is 5.46. The topological polar surface area (TPSA) is 112 Å². The van der Waals surface area contributed by atoms with Gasteiger partial charge in [-0.2, -0.15) is 0 Å². The van der Waals surface area contributed by atoms with Crippen molar-refractivity contribution in [2.24, 2.45) is 0 Å². The third-order valence-electron chi connectivity index (χ3n) is 3.43. The highest BCUT2D eigenvalue weighted by Crippen LogP contribution is 2.30. The van der Waals surface area contributed by atoms with Crippen LogP contribution in [0, 0.1) is 5.41 Å². The number of aromatic hydroxyl groups is 1. The van der Waals surface area contributed by atoms with Crippen LogP contribution < -0.4 is 15.4 Å². The Bertz CT molecular complexity index is 944. The first-order chi connectivity index (χ1) is 12.9. The van der Waals surface area contributed by atoms with Crippen molar-refractivity contribution in [2.75, 3.05) is 11.9 Å². The number of benzene rings is 2. The van der Waals surface area contributed by atoms with Gasteiger partial charge in [-0.1, -0.05) is 15.9 Å². The Labute approximate surface area is 167 Å². The molecule has 1 heterocycles. The lowest BCUT2D eigenvalue weighted by atomic mass is 10.2. The van der Waals surface area contributed by atoms with Crippen LogP contribution in [0.3, 0.4) is 0 Å². The van der Waals surface area contributed by atoms with Crippen LogP contribution in [-0.2, 0) is 9.59 Å². The van der Waals surface area contributed by atoms with Gasteiger partial charge in [-0.05, 0) is 60.3 Å². The van der Waals surface area contributed by atoms with Crippen molar-refractivity contribution in [3.8, 4) is 11.5 Å². The van der Waals surface area contributed by atoms with E-state index in [1.807, 2.05) is 0 Å². The fourth-order valence-electron chi connectivity index (χ4n) is 2.23. The summed E-state index contributed by atoms with van der Waals surface area (Å²) in [5, 5.41) is 21.9. The van der Waals surface area contributed by atoms with E-state index in [1.165, 1.54) is 12.1 Å². The molecular formula is C18H14BrN3O4S. The zero-order valence-electron chi connectivity index (χ0n) is 13.8. The molecule has 1 fully saturated rings. The van der Waals surface area contributed by atoms with Crippen LogP contribution in [0.2, 0.25) is 0 Å². The minimum Gasteiger partial charge on any atom is -0.508 e. The number of phenolic OH excluding ortho intramolecular Hbond substituents is 1. The molecule has 2 aromatic carbocycles. The molecule has 0 unspecified atom stereocenters. The molecule has 2 amide bonds. The highest BCUT2D eigenvalue weighted by molar-refractivity contribution is 9.10. The van der Waals surface area contributed by atoms with Crippen molar-refractivity contribution >= 4 is 56.4 Å². The zero-order valence-corrected chi connectivity index (χ0v) is 16.2. The van der Waals surface area contributed by atoms with Crippen molar-refractivity contribution in [1.29, 1.82) is 5.41 Å². The Hall–Kier alpha value is -2.78. The molecule has 3 rings (SSSR count). The number of ether oxygens (including phenoxy) is 1. The van der Waals surface area contributed by atoms with Crippen molar-refractivity contribution < 1.29 is 19.4 Å². The first-order valence-electron chi connectivity index (χ1n) is 7.71. The highest BCUT2D eigenvalue weighted by atomic mass is 79.9. The van der Waals surface area contributed by atoms with Crippen LogP contribution in [0.15, 0.2) is 51.8 Å². The van der Waals surface area contributed by atoms with Gasteiger partial charge in [0.2, 0.25) is 0 Å². The number of nitrogens with one attached hydrogen (secondary N) is 3. The molecule has 0 spiro atoms. The fourth-order valence-corrected chi connectivity index (χ4v) is 3.30. The van der Waals surface area contributed by atoms with Crippen molar-refractivity contribution in [3.05, 3.63) is 57.4 Å². The van der Waals surface area contributed by atoms with Gasteiger partial charge < -0.3 is 20.5 Å². The van der Waals surface area contributed by atoms with E-state index in [1.54, 1.807) is 36.4 Å². The molecule has 1 saturated heterocycles. The van der Waals surface area contributed by atoms with Gasteiger partial charge in [-0.25, -0.2) is 0 Å². The summed E-state index contributed by atoms with van der Waals surface area (Å²) < 4.78 is 6.39. The molecule has 1 aliphatic rings. The molecule has 7 nitrogen and oxygen atoms in total. The lowest BCUT2D eigenvalue weighted by Gasteiger charge is -2.11. The maximum Gasteiger partial charge on any atom is 0.264 e. The van der Waals surface area contributed by atoms with Gasteiger partial charge in [-0.15, -0.1) is 0 Å². The van der Waals surface area contributed by atoms with Crippen LogP contribution in [0.1, 0.15) is 5.56 Å². The molecule has 0 saturated carbocycles. The number of amidine groups is 1. The van der Waals surface area contributed by atoms with E-state index < -0.39 is 0 Å². The number of hydrogen-bond donors (Lipinski definition) is 4. The maximum absolute atomic E-state index is 12.1. The number of rotatable bonds is 5. The first-order valence-corrected chi connectivity index (χ1v) is 9.32. The van der Waals surface area contributed by atoms with Gasteiger partial charge in [0.05, 0.1) is 4.91 Å². The predicted molar refractivity (Wildman–Crippen MR) is 108 cm³/mol. The fraction of sp³-hybridized carbons (Fsp3) is 0.0556. The van der Waals surface area contributed by atoms with Gasteiger partial charge in [0.25, 0.3) is 11.8 Å². The summed E-state index contributed by atoms with van der Waals surface area (Å²) in [6.07, 6.45) is 1.61. The molecule has 1 aliphatic heterocycles. The quantitative estimate of drug-likeness (QED) is 0.414. The average molecular weight is 448 g/mol. The molecule has 0 aliphatic carbocycles. The molecule has 138 valence electrons. The Kier molecular flexibility index (Phi) is 5.82. The van der Waals surface area contributed by atoms with Crippen LogP contribution in [0.5, 0.6) is 11.5 Å². The zero-order chi connectivity index (χ0) is 19.4. The van der Waals surface area contributed by atoms with Gasteiger partial charge >= 0.3 is 0 Å². The van der Waals surface area contributed by atoms with E-state index in [-0.39, 0.29) is 29.3 Å². The van der Waals surface area contributed by atoms with Gasteiger partial charge in [0.15, 0.2) is 11.8 Å². The maximum atomic E-state index is 12.1. The molecule has 0 aromatic heterocycles. The summed E-state index contributed by atoms with van der Waals surface area (Å²) in [4.78, 5) is 24.2. The second-order valence-corrected chi connectivity index (χ2v) is 7.43.